The van der Waals surface area contributed by atoms with Crippen LogP contribution in [0.5, 0.6) is 0 Å². The number of carbonyl (C=O) groups is 2. The quantitative estimate of drug-likeness (QED) is 0.861. The van der Waals surface area contributed by atoms with Crippen molar-refractivity contribution in [1.29, 1.82) is 0 Å². The number of amides is 1. The number of anilines is 1. The molecule has 0 aliphatic rings. The van der Waals surface area contributed by atoms with Crippen molar-refractivity contribution >= 4 is 39.7 Å². The van der Waals surface area contributed by atoms with Crippen molar-refractivity contribution in [3.05, 3.63) is 33.5 Å². The molecule has 0 fully saturated rings. The van der Waals surface area contributed by atoms with Crippen LogP contribution in [0.1, 0.15) is 22.3 Å². The lowest BCUT2D eigenvalue weighted by Gasteiger charge is -1.99. The number of rotatable bonds is 5. The Morgan fingerprint density at radius 2 is 2.26 bits per heavy atom. The highest BCUT2D eigenvalue weighted by atomic mass is 32.1. The van der Waals surface area contributed by atoms with Crippen molar-refractivity contribution in [3.8, 4) is 0 Å². The molecule has 0 unspecified atom stereocenters. The van der Waals surface area contributed by atoms with Crippen LogP contribution in [-0.4, -0.2) is 23.5 Å². The lowest BCUT2D eigenvalue weighted by atomic mass is 10.3. The highest BCUT2D eigenvalue weighted by molar-refractivity contribution is 7.14. The normalized spacial score (nSPS) is 10.2. The van der Waals surface area contributed by atoms with Gasteiger partial charge >= 0.3 is 5.97 Å². The summed E-state index contributed by atoms with van der Waals surface area (Å²) in [6, 6.07) is 3.80. The molecule has 5 nitrogen and oxygen atoms in total. The minimum absolute atomic E-state index is 0.146. The number of hydrogen-bond donors (Lipinski definition) is 1. The molecule has 2 aromatic rings. The van der Waals surface area contributed by atoms with E-state index in [4.69, 9.17) is 4.74 Å². The van der Waals surface area contributed by atoms with Gasteiger partial charge in [0.2, 0.25) is 5.91 Å². The summed E-state index contributed by atoms with van der Waals surface area (Å²) in [6.45, 7) is 2.03. The molecule has 1 N–H and O–H groups in total. The van der Waals surface area contributed by atoms with E-state index in [9.17, 15) is 9.59 Å². The van der Waals surface area contributed by atoms with Gasteiger partial charge in [-0.05, 0) is 18.4 Å². The molecular formula is C12H12N2O3S2. The number of hydrogen-bond acceptors (Lipinski definition) is 6. The minimum Gasteiger partial charge on any atom is -0.461 e. The second-order valence-corrected chi connectivity index (χ2v) is 5.45. The van der Waals surface area contributed by atoms with Crippen LogP contribution in [0, 0.1) is 0 Å². The Labute approximate surface area is 118 Å². The molecule has 2 heterocycles. The number of aromatic nitrogens is 1. The highest BCUT2D eigenvalue weighted by Gasteiger charge is 2.13. The topological polar surface area (TPSA) is 68.3 Å². The van der Waals surface area contributed by atoms with Gasteiger partial charge in [-0.2, -0.15) is 0 Å². The Kier molecular flexibility index (Phi) is 4.64. The molecule has 1 amide bonds. The lowest BCUT2D eigenvalue weighted by Crippen LogP contribution is -2.14. The van der Waals surface area contributed by atoms with E-state index in [2.05, 4.69) is 10.3 Å². The number of thiophene rings is 1. The lowest BCUT2D eigenvalue weighted by molar-refractivity contribution is -0.115. The van der Waals surface area contributed by atoms with E-state index < -0.39 is 5.97 Å². The maximum Gasteiger partial charge on any atom is 0.357 e. The maximum absolute atomic E-state index is 11.7. The SMILES string of the molecule is CCOC(=O)c1csc(NC(=O)Cc2cccs2)n1. The van der Waals surface area contributed by atoms with Gasteiger partial charge in [0.05, 0.1) is 13.0 Å². The molecule has 0 aromatic carbocycles. The number of carbonyl (C=O) groups excluding carboxylic acids is 2. The predicted molar refractivity (Wildman–Crippen MR) is 74.7 cm³/mol. The summed E-state index contributed by atoms with van der Waals surface area (Å²) < 4.78 is 4.83. The van der Waals surface area contributed by atoms with Gasteiger partial charge in [-0.25, -0.2) is 9.78 Å². The van der Waals surface area contributed by atoms with Gasteiger partial charge in [-0.1, -0.05) is 6.07 Å². The van der Waals surface area contributed by atoms with Crippen LogP contribution < -0.4 is 5.32 Å². The molecule has 0 bridgehead atoms. The summed E-state index contributed by atoms with van der Waals surface area (Å²) in [4.78, 5) is 28.1. The Morgan fingerprint density at radius 3 is 2.95 bits per heavy atom. The van der Waals surface area contributed by atoms with Crippen LogP contribution in [-0.2, 0) is 16.0 Å². The summed E-state index contributed by atoms with van der Waals surface area (Å²) in [5.41, 5.74) is 0.221. The van der Waals surface area contributed by atoms with E-state index in [1.54, 1.807) is 12.3 Å². The third kappa shape index (κ3) is 3.87. The first kappa shape index (κ1) is 13.7. The molecule has 2 rings (SSSR count). The molecule has 0 spiro atoms. The van der Waals surface area contributed by atoms with Crippen molar-refractivity contribution in [2.75, 3.05) is 11.9 Å². The Hall–Kier alpha value is -1.73. The summed E-state index contributed by atoms with van der Waals surface area (Å²) >= 11 is 2.73. The Bertz CT molecular complexity index is 563. The largest absolute Gasteiger partial charge is 0.461 e. The zero-order chi connectivity index (χ0) is 13.7. The molecule has 0 aliphatic carbocycles. The first-order chi connectivity index (χ1) is 9.19. The molecule has 0 saturated heterocycles. The second-order valence-electron chi connectivity index (χ2n) is 3.56. The molecule has 0 aliphatic heterocycles. The van der Waals surface area contributed by atoms with Crippen LogP contribution in [0.2, 0.25) is 0 Å². The van der Waals surface area contributed by atoms with Crippen molar-refractivity contribution in [1.82, 2.24) is 4.98 Å². The van der Waals surface area contributed by atoms with Crippen LogP contribution in [0.25, 0.3) is 0 Å². The first-order valence-corrected chi connectivity index (χ1v) is 7.40. The smallest absolute Gasteiger partial charge is 0.357 e. The molecule has 0 atom stereocenters. The average molecular weight is 296 g/mol. The molecule has 2 aromatic heterocycles. The fraction of sp³-hybridized carbons (Fsp3) is 0.250. The van der Waals surface area contributed by atoms with Crippen molar-refractivity contribution in [2.45, 2.75) is 13.3 Å². The molecular weight excluding hydrogens is 284 g/mol. The summed E-state index contributed by atoms with van der Waals surface area (Å²) in [5.74, 6) is -0.621. The van der Waals surface area contributed by atoms with Crippen molar-refractivity contribution in [2.24, 2.45) is 0 Å². The fourth-order valence-electron chi connectivity index (χ4n) is 1.36. The molecule has 19 heavy (non-hydrogen) atoms. The Morgan fingerprint density at radius 1 is 1.42 bits per heavy atom. The van der Waals surface area contributed by atoms with E-state index in [1.165, 1.54) is 22.7 Å². The van der Waals surface area contributed by atoms with Crippen LogP contribution >= 0.6 is 22.7 Å². The number of nitrogens with zero attached hydrogens (tertiary/aromatic N) is 1. The van der Waals surface area contributed by atoms with E-state index in [1.807, 2.05) is 17.5 Å². The number of esters is 1. The van der Waals surface area contributed by atoms with E-state index in [0.29, 0.717) is 18.2 Å². The fourth-order valence-corrected chi connectivity index (χ4v) is 2.76. The third-order valence-corrected chi connectivity index (χ3v) is 3.78. The van der Waals surface area contributed by atoms with Crippen molar-refractivity contribution in [3.63, 3.8) is 0 Å². The van der Waals surface area contributed by atoms with Gasteiger partial charge in [-0.3, -0.25) is 4.79 Å². The summed E-state index contributed by atoms with van der Waals surface area (Å²) in [7, 11) is 0. The zero-order valence-corrected chi connectivity index (χ0v) is 11.8. The molecule has 7 heteroatoms. The second kappa shape index (κ2) is 6.44. The van der Waals surface area contributed by atoms with Gasteiger partial charge in [0.25, 0.3) is 0 Å². The summed E-state index contributed by atoms with van der Waals surface area (Å²) in [6.07, 6.45) is 0.311. The summed E-state index contributed by atoms with van der Waals surface area (Å²) in [5, 5.41) is 6.56. The van der Waals surface area contributed by atoms with Gasteiger partial charge < -0.3 is 10.1 Å². The highest BCUT2D eigenvalue weighted by Crippen LogP contribution is 2.17. The average Bonchev–Trinajstić information content (AvgIpc) is 3.00. The van der Waals surface area contributed by atoms with Crippen LogP contribution in [0.4, 0.5) is 5.13 Å². The third-order valence-electron chi connectivity index (χ3n) is 2.15. The maximum atomic E-state index is 11.7. The number of thiazole rings is 1. The van der Waals surface area contributed by atoms with Gasteiger partial charge in [0.1, 0.15) is 0 Å². The molecule has 0 saturated carbocycles. The van der Waals surface area contributed by atoms with Crippen molar-refractivity contribution < 1.29 is 14.3 Å². The zero-order valence-electron chi connectivity index (χ0n) is 10.2. The van der Waals surface area contributed by atoms with E-state index in [-0.39, 0.29) is 11.6 Å². The standard InChI is InChI=1S/C12H12N2O3S2/c1-2-17-11(16)9-7-19-12(13-9)14-10(15)6-8-4-3-5-18-8/h3-5,7H,2,6H2,1H3,(H,13,14,15). The first-order valence-electron chi connectivity index (χ1n) is 5.64. The molecule has 0 radical (unpaired) electrons. The van der Waals surface area contributed by atoms with Crippen LogP contribution in [0.3, 0.4) is 0 Å². The van der Waals surface area contributed by atoms with E-state index in [0.717, 1.165) is 4.88 Å². The monoisotopic (exact) mass is 296 g/mol. The minimum atomic E-state index is -0.475. The number of nitrogens with one attached hydrogen (secondary N) is 1. The van der Waals surface area contributed by atoms with Gasteiger partial charge in [0, 0.05) is 10.3 Å². The van der Waals surface area contributed by atoms with Gasteiger partial charge in [0.15, 0.2) is 10.8 Å². The molecule has 100 valence electrons. The number of ether oxygens (including phenoxy) is 1. The predicted octanol–water partition coefficient (Wildman–Crippen LogP) is 2.56. The Balaban J connectivity index is 1.92. The van der Waals surface area contributed by atoms with Crippen LogP contribution in [0.15, 0.2) is 22.9 Å². The van der Waals surface area contributed by atoms with Gasteiger partial charge in [-0.15, -0.1) is 22.7 Å². The van der Waals surface area contributed by atoms with E-state index >= 15 is 0 Å².